The predicted octanol–water partition coefficient (Wildman–Crippen LogP) is 7.26. The van der Waals surface area contributed by atoms with Crippen molar-refractivity contribution in [2.45, 2.75) is 98.5 Å². The van der Waals surface area contributed by atoms with Crippen molar-refractivity contribution >= 4 is 0 Å². The Morgan fingerprint density at radius 1 is 1.11 bits per heavy atom. The van der Waals surface area contributed by atoms with Crippen LogP contribution in [-0.4, -0.2) is 13.2 Å². The summed E-state index contributed by atoms with van der Waals surface area (Å²) in [6, 6.07) is 0. The zero-order valence-corrected chi connectivity index (χ0v) is 19.4. The number of allylic oxidation sites excluding steroid dienone is 2. The van der Waals surface area contributed by atoms with Gasteiger partial charge in [-0.05, 0) is 111 Å². The number of ether oxygens (including phenoxy) is 1. The number of hydrogen-bond acceptors (Lipinski definition) is 1. The molecular weight excluding hydrogens is 340 g/mol. The first kappa shape index (κ1) is 19.7. The summed E-state index contributed by atoms with van der Waals surface area (Å²) in [6.45, 7) is 12.6. The fraction of sp³-hybridized carbons (Fsp3) is 0.926. The van der Waals surface area contributed by atoms with Crippen molar-refractivity contribution in [2.75, 3.05) is 7.11 Å². The van der Waals surface area contributed by atoms with E-state index < -0.39 is 0 Å². The van der Waals surface area contributed by atoms with Crippen molar-refractivity contribution in [3.63, 3.8) is 0 Å². The highest BCUT2D eigenvalue weighted by atomic mass is 16.5. The lowest BCUT2D eigenvalue weighted by molar-refractivity contribution is -0.160. The third-order valence-corrected chi connectivity index (χ3v) is 11.6. The standard InChI is InChI=1S/C27H44O/c1-7-17(2)14-18(3)21-8-9-22-20-15-24(28-6)27-16-19(27)10-13-26(27,5)23(20)11-12-25(21,22)4/h14,18-24H,7-13,15-16H2,1-6H3/b17-14+/t18-,19-,20+,21-,22+,23+,24-,25-,26-,27+/m1/s1. The van der Waals surface area contributed by atoms with Crippen LogP contribution < -0.4 is 0 Å². The van der Waals surface area contributed by atoms with Gasteiger partial charge < -0.3 is 4.74 Å². The highest BCUT2D eigenvalue weighted by Crippen LogP contribution is 2.82. The molecule has 0 aromatic heterocycles. The minimum absolute atomic E-state index is 0.548. The first-order chi connectivity index (χ1) is 13.3. The molecule has 0 aromatic carbocycles. The van der Waals surface area contributed by atoms with E-state index in [0.717, 1.165) is 35.5 Å². The van der Waals surface area contributed by atoms with Gasteiger partial charge in [0.05, 0.1) is 6.10 Å². The molecule has 0 heterocycles. The Bertz CT molecular complexity index is 665. The highest BCUT2D eigenvalue weighted by molar-refractivity contribution is 5.26. The van der Waals surface area contributed by atoms with Crippen molar-refractivity contribution in [2.24, 2.45) is 51.8 Å². The average Bonchev–Trinajstić information content (AvgIpc) is 3.18. The molecule has 0 saturated heterocycles. The molecule has 0 bridgehead atoms. The molecule has 1 heteroatoms. The normalized spacial score (nSPS) is 55.9. The second-order valence-electron chi connectivity index (χ2n) is 12.2. The maximum atomic E-state index is 6.28. The Labute approximate surface area is 174 Å². The van der Waals surface area contributed by atoms with E-state index in [1.165, 1.54) is 57.8 Å². The van der Waals surface area contributed by atoms with Crippen molar-refractivity contribution < 1.29 is 4.74 Å². The Morgan fingerprint density at radius 2 is 1.89 bits per heavy atom. The summed E-state index contributed by atoms with van der Waals surface area (Å²) in [5, 5.41) is 0. The molecule has 0 radical (unpaired) electrons. The summed E-state index contributed by atoms with van der Waals surface area (Å²) < 4.78 is 6.28. The fourth-order valence-corrected chi connectivity index (χ4v) is 10.2. The molecule has 10 atom stereocenters. The van der Waals surface area contributed by atoms with Crippen LogP contribution in [0.4, 0.5) is 0 Å². The van der Waals surface area contributed by atoms with E-state index in [4.69, 9.17) is 4.74 Å². The SMILES string of the molecule is CC/C(C)=C/[C@@H](C)[C@H]1CC[C@H]2[C@@H]3C[C@@H](OC)[C@]45C[C@H]4CC[C@]5(C)[C@H]3CC[C@]12C. The van der Waals surface area contributed by atoms with Gasteiger partial charge in [-0.25, -0.2) is 0 Å². The summed E-state index contributed by atoms with van der Waals surface area (Å²) in [5.74, 6) is 5.48. The lowest BCUT2D eigenvalue weighted by atomic mass is 9.45. The van der Waals surface area contributed by atoms with Crippen LogP contribution >= 0.6 is 0 Å². The van der Waals surface area contributed by atoms with Gasteiger partial charge in [-0.15, -0.1) is 0 Å². The summed E-state index contributed by atoms with van der Waals surface area (Å²) in [6.07, 6.45) is 16.1. The monoisotopic (exact) mass is 384 g/mol. The largest absolute Gasteiger partial charge is 0.381 e. The predicted molar refractivity (Wildman–Crippen MR) is 117 cm³/mol. The zero-order valence-electron chi connectivity index (χ0n) is 19.4. The van der Waals surface area contributed by atoms with E-state index >= 15 is 0 Å². The van der Waals surface area contributed by atoms with Gasteiger partial charge in [0, 0.05) is 12.5 Å². The van der Waals surface area contributed by atoms with Crippen LogP contribution in [0.2, 0.25) is 0 Å². The van der Waals surface area contributed by atoms with E-state index in [1.807, 2.05) is 7.11 Å². The van der Waals surface area contributed by atoms with Crippen LogP contribution in [-0.2, 0) is 4.74 Å². The van der Waals surface area contributed by atoms with Crippen molar-refractivity contribution in [3.8, 4) is 0 Å². The second-order valence-corrected chi connectivity index (χ2v) is 12.2. The third kappa shape index (κ3) is 2.29. The van der Waals surface area contributed by atoms with Gasteiger partial charge in [-0.3, -0.25) is 0 Å². The maximum Gasteiger partial charge on any atom is 0.0638 e. The molecule has 0 N–H and O–H groups in total. The number of methoxy groups -OCH3 is 1. The van der Waals surface area contributed by atoms with E-state index in [9.17, 15) is 0 Å². The van der Waals surface area contributed by atoms with E-state index in [1.54, 1.807) is 5.57 Å². The molecule has 158 valence electrons. The minimum atomic E-state index is 0.548. The van der Waals surface area contributed by atoms with Gasteiger partial charge in [0.15, 0.2) is 0 Å². The molecule has 5 aliphatic carbocycles. The molecule has 0 amide bonds. The minimum Gasteiger partial charge on any atom is -0.381 e. The summed E-state index contributed by atoms with van der Waals surface area (Å²) in [7, 11) is 2.02. The van der Waals surface area contributed by atoms with Gasteiger partial charge in [0.2, 0.25) is 0 Å². The molecule has 5 aliphatic rings. The Kier molecular flexibility index (Phi) is 4.46. The first-order valence-electron chi connectivity index (χ1n) is 12.5. The smallest absolute Gasteiger partial charge is 0.0638 e. The van der Waals surface area contributed by atoms with Crippen LogP contribution in [0.15, 0.2) is 11.6 Å². The van der Waals surface area contributed by atoms with Crippen LogP contribution in [0.25, 0.3) is 0 Å². The van der Waals surface area contributed by atoms with Gasteiger partial charge in [0.25, 0.3) is 0 Å². The molecule has 1 spiro atoms. The molecule has 0 aliphatic heterocycles. The fourth-order valence-electron chi connectivity index (χ4n) is 10.2. The summed E-state index contributed by atoms with van der Waals surface area (Å²) >= 11 is 0. The number of rotatable bonds is 4. The van der Waals surface area contributed by atoms with E-state index in [0.29, 0.717) is 22.3 Å². The second kappa shape index (κ2) is 6.35. The van der Waals surface area contributed by atoms with Crippen LogP contribution in [0.5, 0.6) is 0 Å². The molecule has 5 saturated carbocycles. The van der Waals surface area contributed by atoms with E-state index in [-0.39, 0.29) is 0 Å². The number of fused-ring (bicyclic) bond motifs is 4. The highest BCUT2D eigenvalue weighted by Gasteiger charge is 2.77. The van der Waals surface area contributed by atoms with Crippen molar-refractivity contribution in [3.05, 3.63) is 11.6 Å². The van der Waals surface area contributed by atoms with Crippen LogP contribution in [0, 0.1) is 51.8 Å². The van der Waals surface area contributed by atoms with Crippen LogP contribution in [0.3, 0.4) is 0 Å². The summed E-state index contributed by atoms with van der Waals surface area (Å²) in [5.41, 5.74) is 3.30. The third-order valence-electron chi connectivity index (χ3n) is 11.6. The Morgan fingerprint density at radius 3 is 2.57 bits per heavy atom. The van der Waals surface area contributed by atoms with Gasteiger partial charge >= 0.3 is 0 Å². The molecule has 5 rings (SSSR count). The molecule has 28 heavy (non-hydrogen) atoms. The lowest BCUT2D eigenvalue weighted by Crippen LogP contribution is -2.57. The molecular formula is C27H44O. The summed E-state index contributed by atoms with van der Waals surface area (Å²) in [4.78, 5) is 0. The average molecular weight is 385 g/mol. The van der Waals surface area contributed by atoms with Crippen LogP contribution in [0.1, 0.15) is 92.4 Å². The van der Waals surface area contributed by atoms with Gasteiger partial charge in [-0.2, -0.15) is 0 Å². The van der Waals surface area contributed by atoms with Gasteiger partial charge in [0.1, 0.15) is 0 Å². The number of hydrogen-bond donors (Lipinski definition) is 0. The zero-order chi connectivity index (χ0) is 19.9. The molecule has 1 nitrogen and oxygen atoms in total. The van der Waals surface area contributed by atoms with Gasteiger partial charge in [-0.1, -0.05) is 39.3 Å². The quantitative estimate of drug-likeness (QED) is 0.463. The van der Waals surface area contributed by atoms with Crippen molar-refractivity contribution in [1.29, 1.82) is 0 Å². The Hall–Kier alpha value is -0.300. The maximum absolute atomic E-state index is 6.28. The first-order valence-corrected chi connectivity index (χ1v) is 12.5. The topological polar surface area (TPSA) is 9.23 Å². The molecule has 0 aromatic rings. The lowest BCUT2D eigenvalue weighted by Gasteiger charge is -2.61. The van der Waals surface area contributed by atoms with E-state index in [2.05, 4.69) is 40.7 Å². The Balaban J connectivity index is 1.44. The van der Waals surface area contributed by atoms with Crippen molar-refractivity contribution in [1.82, 2.24) is 0 Å². The molecule has 5 fully saturated rings. The molecule has 0 unspecified atom stereocenters.